The molecule has 0 bridgehead atoms. The van der Waals surface area contributed by atoms with Crippen LogP contribution in [0, 0.1) is 0 Å². The van der Waals surface area contributed by atoms with Crippen LogP contribution in [-0.2, 0) is 35.2 Å². The summed E-state index contributed by atoms with van der Waals surface area (Å²) >= 11 is 1.35. The lowest BCUT2D eigenvalue weighted by molar-refractivity contribution is -0.161. The van der Waals surface area contributed by atoms with Crippen molar-refractivity contribution in [2.75, 3.05) is 24.6 Å². The Labute approximate surface area is 211 Å². The molecule has 0 radical (unpaired) electrons. The maximum atomic E-state index is 12.6. The number of benzene rings is 1. The van der Waals surface area contributed by atoms with Crippen LogP contribution in [0.3, 0.4) is 0 Å². The summed E-state index contributed by atoms with van der Waals surface area (Å²) < 4.78 is -0.679. The molecular weight excluding hydrogens is 490 g/mol. The zero-order valence-corrected chi connectivity index (χ0v) is 20.9. The number of likely N-dealkylation sites (N-methyl/N-ethyl adjacent to an activating group) is 1. The SMILES string of the molecule is CCN1CCN(N(C=O)c2ccc(CC(=O)N[C@@H]3C(=O)N4[C@@H]3SC(C)(C)[C@@H]4C(=O)O)cc2)C(=O)C1=O. The predicted octanol–water partition coefficient (Wildman–Crippen LogP) is -0.571. The molecule has 192 valence electrons. The third-order valence-corrected chi connectivity index (χ3v) is 8.16. The van der Waals surface area contributed by atoms with Gasteiger partial charge < -0.3 is 20.2 Å². The first kappa shape index (κ1) is 25.5. The highest BCUT2D eigenvalue weighted by Crippen LogP contribution is 2.50. The molecular formula is C23H27N5O7S. The molecule has 0 aromatic heterocycles. The second kappa shape index (κ2) is 9.45. The number of aliphatic carboxylic acids is 1. The monoisotopic (exact) mass is 517 g/mol. The number of fused-ring (bicyclic) bond motifs is 1. The van der Waals surface area contributed by atoms with E-state index in [1.807, 2.05) is 0 Å². The highest BCUT2D eigenvalue weighted by Gasteiger charge is 2.64. The van der Waals surface area contributed by atoms with Crippen molar-refractivity contribution in [3.63, 3.8) is 0 Å². The highest BCUT2D eigenvalue weighted by atomic mass is 32.2. The fourth-order valence-corrected chi connectivity index (χ4v) is 6.38. The van der Waals surface area contributed by atoms with E-state index in [2.05, 4.69) is 5.32 Å². The molecule has 2 N–H and O–H groups in total. The molecule has 3 fully saturated rings. The number of carbonyl (C=O) groups excluding carboxylic acids is 5. The Balaban J connectivity index is 1.37. The minimum Gasteiger partial charge on any atom is -0.480 e. The molecule has 13 heteroatoms. The van der Waals surface area contributed by atoms with Crippen LogP contribution < -0.4 is 10.3 Å². The van der Waals surface area contributed by atoms with Crippen LogP contribution in [0.25, 0.3) is 0 Å². The summed E-state index contributed by atoms with van der Waals surface area (Å²) in [5.74, 6) is -3.36. The van der Waals surface area contributed by atoms with Crippen molar-refractivity contribution in [2.45, 2.75) is 49.4 Å². The number of hydrazine groups is 1. The number of nitrogens with one attached hydrogen (secondary N) is 1. The lowest BCUT2D eigenvalue weighted by Crippen LogP contribution is -2.70. The average Bonchev–Trinajstić information content (AvgIpc) is 3.09. The Kier molecular flexibility index (Phi) is 6.69. The van der Waals surface area contributed by atoms with Crippen molar-refractivity contribution in [3.8, 4) is 0 Å². The number of amides is 5. The van der Waals surface area contributed by atoms with Gasteiger partial charge in [-0.25, -0.2) is 14.8 Å². The molecule has 3 aliphatic rings. The van der Waals surface area contributed by atoms with Crippen molar-refractivity contribution >= 4 is 53.5 Å². The molecule has 3 aliphatic heterocycles. The molecule has 1 aromatic rings. The first-order chi connectivity index (χ1) is 17.0. The minimum absolute atomic E-state index is 0.0408. The molecule has 5 amide bonds. The lowest BCUT2D eigenvalue weighted by atomic mass is 9.96. The van der Waals surface area contributed by atoms with E-state index in [9.17, 15) is 33.9 Å². The van der Waals surface area contributed by atoms with E-state index in [0.717, 1.165) is 10.0 Å². The third kappa shape index (κ3) is 4.27. The number of anilines is 1. The second-order valence-electron chi connectivity index (χ2n) is 9.25. The van der Waals surface area contributed by atoms with Gasteiger partial charge in [-0.05, 0) is 38.5 Å². The maximum absolute atomic E-state index is 12.6. The van der Waals surface area contributed by atoms with E-state index in [-0.39, 0.29) is 13.0 Å². The summed E-state index contributed by atoms with van der Waals surface area (Å²) in [6.45, 7) is 6.18. The number of rotatable bonds is 8. The normalized spacial score (nSPS) is 24.8. The fraction of sp³-hybridized carbons (Fsp3) is 0.478. The van der Waals surface area contributed by atoms with Gasteiger partial charge in [-0.2, -0.15) is 0 Å². The Morgan fingerprint density at radius 1 is 1.17 bits per heavy atom. The molecule has 0 unspecified atom stereocenters. The van der Waals surface area contributed by atoms with Crippen molar-refractivity contribution in [1.82, 2.24) is 20.1 Å². The molecule has 1 aromatic carbocycles. The molecule has 3 heterocycles. The van der Waals surface area contributed by atoms with Gasteiger partial charge in [0, 0.05) is 17.8 Å². The lowest BCUT2D eigenvalue weighted by Gasteiger charge is -2.43. The van der Waals surface area contributed by atoms with Crippen LogP contribution >= 0.6 is 11.8 Å². The number of carboxylic acids is 1. The van der Waals surface area contributed by atoms with Gasteiger partial charge in [0.1, 0.15) is 17.5 Å². The van der Waals surface area contributed by atoms with Crippen LogP contribution in [0.5, 0.6) is 0 Å². The number of hydrogen-bond acceptors (Lipinski definition) is 7. The third-order valence-electron chi connectivity index (χ3n) is 6.58. The number of hydrogen-bond donors (Lipinski definition) is 2. The summed E-state index contributed by atoms with van der Waals surface area (Å²) in [6.07, 6.45) is 0.411. The zero-order chi connectivity index (χ0) is 26.4. The van der Waals surface area contributed by atoms with E-state index in [4.69, 9.17) is 0 Å². The summed E-state index contributed by atoms with van der Waals surface area (Å²) in [5.41, 5.74) is 0.959. The second-order valence-corrected chi connectivity index (χ2v) is 11.0. The van der Waals surface area contributed by atoms with Gasteiger partial charge in [0.15, 0.2) is 0 Å². The van der Waals surface area contributed by atoms with Crippen LogP contribution in [0.15, 0.2) is 24.3 Å². The van der Waals surface area contributed by atoms with E-state index in [1.54, 1.807) is 45.0 Å². The largest absolute Gasteiger partial charge is 0.480 e. The minimum atomic E-state index is -1.07. The van der Waals surface area contributed by atoms with Gasteiger partial charge in [-0.15, -0.1) is 11.8 Å². The summed E-state index contributed by atoms with van der Waals surface area (Å²) in [5, 5.41) is 13.9. The van der Waals surface area contributed by atoms with Crippen LogP contribution in [0.2, 0.25) is 0 Å². The first-order valence-corrected chi connectivity index (χ1v) is 12.3. The molecule has 12 nitrogen and oxygen atoms in total. The number of nitrogens with zero attached hydrogens (tertiary/aromatic N) is 4. The zero-order valence-electron chi connectivity index (χ0n) is 20.0. The van der Waals surface area contributed by atoms with Gasteiger partial charge in [0.25, 0.3) is 0 Å². The Bertz CT molecular complexity index is 1120. The van der Waals surface area contributed by atoms with Crippen molar-refractivity contribution in [2.24, 2.45) is 0 Å². The maximum Gasteiger partial charge on any atom is 0.331 e. The average molecular weight is 518 g/mol. The van der Waals surface area contributed by atoms with Gasteiger partial charge in [0.2, 0.25) is 18.2 Å². The first-order valence-electron chi connectivity index (χ1n) is 11.5. The molecule has 0 aliphatic carbocycles. The number of piperazine rings is 1. The molecule has 36 heavy (non-hydrogen) atoms. The summed E-state index contributed by atoms with van der Waals surface area (Å²) in [4.78, 5) is 75.9. The number of carboxylic acid groups (broad SMARTS) is 1. The van der Waals surface area contributed by atoms with Crippen molar-refractivity contribution < 1.29 is 33.9 Å². The van der Waals surface area contributed by atoms with E-state index in [0.29, 0.717) is 30.8 Å². The highest BCUT2D eigenvalue weighted by molar-refractivity contribution is 8.01. The van der Waals surface area contributed by atoms with E-state index >= 15 is 0 Å². The Morgan fingerprint density at radius 3 is 2.42 bits per heavy atom. The van der Waals surface area contributed by atoms with E-state index in [1.165, 1.54) is 21.6 Å². The van der Waals surface area contributed by atoms with Gasteiger partial charge in [-0.3, -0.25) is 24.0 Å². The van der Waals surface area contributed by atoms with Crippen molar-refractivity contribution in [3.05, 3.63) is 29.8 Å². The molecule has 3 saturated heterocycles. The predicted molar refractivity (Wildman–Crippen MR) is 128 cm³/mol. The molecule has 0 spiro atoms. The number of carbonyl (C=O) groups is 6. The number of thioether (sulfide) groups is 1. The van der Waals surface area contributed by atoms with Gasteiger partial charge in [-0.1, -0.05) is 12.1 Å². The van der Waals surface area contributed by atoms with Crippen LogP contribution in [0.1, 0.15) is 26.3 Å². The topological polar surface area (TPSA) is 148 Å². The standard InChI is InChI=1S/C23H27N5O7S/c1-4-25-9-10-26(20(33)19(25)32)27(12-29)14-7-5-13(6-8-14)11-15(30)24-16-18(31)28-17(22(34)35)23(2,3)36-21(16)28/h5-8,12,16-17,21H,4,9-11H2,1-3H3,(H,24,30)(H,34,35)/t16-,17+,21-/m1/s1. The summed E-state index contributed by atoms with van der Waals surface area (Å²) in [7, 11) is 0. The number of β-lactam (4-membered cyclic amide) rings is 1. The van der Waals surface area contributed by atoms with Crippen LogP contribution in [0.4, 0.5) is 5.69 Å². The quantitative estimate of drug-likeness (QED) is 0.265. The molecule has 4 rings (SSSR count). The molecule has 0 saturated carbocycles. The summed E-state index contributed by atoms with van der Waals surface area (Å²) in [6, 6.07) is 4.61. The van der Waals surface area contributed by atoms with Gasteiger partial charge >= 0.3 is 17.8 Å². The van der Waals surface area contributed by atoms with Gasteiger partial charge in [0.05, 0.1) is 18.7 Å². The van der Waals surface area contributed by atoms with Crippen molar-refractivity contribution in [1.29, 1.82) is 0 Å². The smallest absolute Gasteiger partial charge is 0.331 e. The fourth-order valence-electron chi connectivity index (χ4n) is 4.75. The Morgan fingerprint density at radius 2 is 1.83 bits per heavy atom. The Hall–Kier alpha value is -3.61. The van der Waals surface area contributed by atoms with E-state index < -0.39 is 51.8 Å². The van der Waals surface area contributed by atoms with Crippen LogP contribution in [-0.4, -0.2) is 97.8 Å². The molecule has 3 atom stereocenters.